The van der Waals surface area contributed by atoms with Crippen molar-refractivity contribution in [2.45, 2.75) is 32.7 Å². The van der Waals surface area contributed by atoms with Crippen molar-refractivity contribution < 1.29 is 14.4 Å². The summed E-state index contributed by atoms with van der Waals surface area (Å²) in [6, 6.07) is 13.3. The molecule has 0 saturated carbocycles. The number of halogens is 1. The fraction of sp³-hybridized carbons (Fsp3) is 0.318. The molecule has 0 spiro atoms. The number of benzene rings is 2. The highest BCUT2D eigenvalue weighted by Gasteiger charge is 2.42. The maximum atomic E-state index is 12.9. The molecule has 1 heterocycles. The van der Waals surface area contributed by atoms with E-state index in [4.69, 9.17) is 11.6 Å². The Morgan fingerprint density at radius 2 is 1.57 bits per heavy atom. The summed E-state index contributed by atoms with van der Waals surface area (Å²) in [5.74, 6) is -0.966. The zero-order chi connectivity index (χ0) is 20.3. The molecule has 0 radical (unpaired) electrons. The predicted octanol–water partition coefficient (Wildman–Crippen LogP) is 3.71. The molecule has 1 atom stereocenters. The van der Waals surface area contributed by atoms with Crippen LogP contribution < -0.4 is 5.32 Å². The molecule has 28 heavy (non-hydrogen) atoms. The fourth-order valence-corrected chi connectivity index (χ4v) is 3.49. The van der Waals surface area contributed by atoms with Crippen LogP contribution >= 0.6 is 11.6 Å². The van der Waals surface area contributed by atoms with Crippen LogP contribution in [0.3, 0.4) is 0 Å². The quantitative estimate of drug-likeness (QED) is 0.723. The van der Waals surface area contributed by atoms with Crippen LogP contribution in [0.5, 0.6) is 0 Å². The number of rotatable bonds is 7. The molecular weight excluding hydrogens is 376 g/mol. The summed E-state index contributed by atoms with van der Waals surface area (Å²) in [7, 11) is 0. The lowest BCUT2D eigenvalue weighted by Gasteiger charge is -2.26. The highest BCUT2D eigenvalue weighted by atomic mass is 35.5. The average molecular weight is 399 g/mol. The van der Waals surface area contributed by atoms with Gasteiger partial charge in [0, 0.05) is 11.6 Å². The van der Waals surface area contributed by atoms with Crippen LogP contribution in [0.15, 0.2) is 48.5 Å². The molecule has 0 fully saturated rings. The van der Waals surface area contributed by atoms with Gasteiger partial charge in [-0.25, -0.2) is 0 Å². The largest absolute Gasteiger partial charge is 0.354 e. The Morgan fingerprint density at radius 1 is 1.00 bits per heavy atom. The molecule has 3 rings (SSSR count). The fourth-order valence-electron chi connectivity index (χ4n) is 3.37. The van der Waals surface area contributed by atoms with Crippen LogP contribution in [0.1, 0.15) is 46.5 Å². The van der Waals surface area contributed by atoms with Gasteiger partial charge in [0.2, 0.25) is 5.91 Å². The van der Waals surface area contributed by atoms with E-state index in [0.717, 1.165) is 10.5 Å². The monoisotopic (exact) mass is 398 g/mol. The zero-order valence-corrected chi connectivity index (χ0v) is 16.7. The van der Waals surface area contributed by atoms with Crippen molar-refractivity contribution in [3.63, 3.8) is 0 Å². The van der Waals surface area contributed by atoms with Gasteiger partial charge in [0.05, 0.1) is 11.1 Å². The second kappa shape index (κ2) is 8.57. The van der Waals surface area contributed by atoms with Crippen molar-refractivity contribution in [1.82, 2.24) is 10.2 Å². The van der Waals surface area contributed by atoms with Crippen molar-refractivity contribution >= 4 is 29.3 Å². The molecule has 0 bridgehead atoms. The minimum Gasteiger partial charge on any atom is -0.354 e. The van der Waals surface area contributed by atoms with Crippen LogP contribution in [-0.2, 0) is 11.2 Å². The summed E-state index contributed by atoms with van der Waals surface area (Å²) in [4.78, 5) is 39.5. The maximum absolute atomic E-state index is 12.9. The molecule has 2 aromatic carbocycles. The first-order chi connectivity index (χ1) is 13.4. The summed E-state index contributed by atoms with van der Waals surface area (Å²) in [5, 5.41) is 3.54. The third-order valence-electron chi connectivity index (χ3n) is 4.76. The molecule has 1 aliphatic heterocycles. The Hall–Kier alpha value is -2.66. The lowest BCUT2D eigenvalue weighted by atomic mass is 10.0. The summed E-state index contributed by atoms with van der Waals surface area (Å²) in [6.07, 6.45) is 1.05. The highest BCUT2D eigenvalue weighted by Crippen LogP contribution is 2.27. The van der Waals surface area contributed by atoms with E-state index < -0.39 is 17.9 Å². The topological polar surface area (TPSA) is 66.5 Å². The first-order valence-corrected chi connectivity index (χ1v) is 9.75. The lowest BCUT2D eigenvalue weighted by Crippen LogP contribution is -2.50. The predicted molar refractivity (Wildman–Crippen MR) is 108 cm³/mol. The van der Waals surface area contributed by atoms with Crippen LogP contribution in [0.2, 0.25) is 5.02 Å². The van der Waals surface area contributed by atoms with E-state index in [9.17, 15) is 14.4 Å². The number of fused-ring (bicyclic) bond motifs is 1. The Kier molecular flexibility index (Phi) is 6.15. The summed E-state index contributed by atoms with van der Waals surface area (Å²) in [6.45, 7) is 4.34. The third-order valence-corrected chi connectivity index (χ3v) is 5.01. The number of nitrogens with one attached hydrogen (secondary N) is 1. The Bertz CT molecular complexity index is 858. The number of imide groups is 1. The van der Waals surface area contributed by atoms with Crippen LogP contribution in [-0.4, -0.2) is 35.2 Å². The number of nitrogens with zero attached hydrogens (tertiary/aromatic N) is 1. The molecule has 0 aromatic heterocycles. The van der Waals surface area contributed by atoms with Gasteiger partial charge in [-0.1, -0.05) is 49.7 Å². The van der Waals surface area contributed by atoms with Gasteiger partial charge in [-0.15, -0.1) is 0 Å². The number of hydrogen-bond donors (Lipinski definition) is 1. The van der Waals surface area contributed by atoms with Gasteiger partial charge in [-0.2, -0.15) is 0 Å². The zero-order valence-electron chi connectivity index (χ0n) is 15.9. The van der Waals surface area contributed by atoms with Crippen LogP contribution in [0.4, 0.5) is 0 Å². The average Bonchev–Trinajstić information content (AvgIpc) is 2.92. The van der Waals surface area contributed by atoms with Crippen molar-refractivity contribution in [3.8, 4) is 0 Å². The molecule has 146 valence electrons. The standard InChI is InChI=1S/C22H23ClN2O3/c1-14(2)13-19(20(26)24-12-11-15-7-9-16(23)10-8-15)25-21(27)17-5-3-4-6-18(17)22(25)28/h3-10,14,19H,11-13H2,1-2H3,(H,24,26). The van der Waals surface area contributed by atoms with Crippen LogP contribution in [0, 0.1) is 5.92 Å². The van der Waals surface area contributed by atoms with Crippen molar-refractivity contribution in [2.24, 2.45) is 5.92 Å². The van der Waals surface area contributed by atoms with E-state index in [1.165, 1.54) is 0 Å². The smallest absolute Gasteiger partial charge is 0.262 e. The normalized spacial score (nSPS) is 14.4. The van der Waals surface area contributed by atoms with Gasteiger partial charge in [-0.3, -0.25) is 19.3 Å². The maximum Gasteiger partial charge on any atom is 0.262 e. The molecule has 1 aliphatic rings. The second-order valence-corrected chi connectivity index (χ2v) is 7.78. The van der Waals surface area contributed by atoms with E-state index in [1.54, 1.807) is 36.4 Å². The minimum atomic E-state index is -0.822. The molecule has 0 aliphatic carbocycles. The van der Waals surface area contributed by atoms with E-state index in [0.29, 0.717) is 35.5 Å². The highest BCUT2D eigenvalue weighted by molar-refractivity contribution is 6.30. The van der Waals surface area contributed by atoms with E-state index in [2.05, 4.69) is 5.32 Å². The van der Waals surface area contributed by atoms with Gasteiger partial charge >= 0.3 is 0 Å². The van der Waals surface area contributed by atoms with Gasteiger partial charge in [0.15, 0.2) is 0 Å². The molecule has 1 unspecified atom stereocenters. The van der Waals surface area contributed by atoms with Gasteiger partial charge in [0.1, 0.15) is 6.04 Å². The summed E-state index contributed by atoms with van der Waals surface area (Å²) >= 11 is 5.89. The van der Waals surface area contributed by atoms with Crippen LogP contribution in [0.25, 0.3) is 0 Å². The molecule has 5 nitrogen and oxygen atoms in total. The SMILES string of the molecule is CC(C)CC(C(=O)NCCc1ccc(Cl)cc1)N1C(=O)c2ccccc2C1=O. The van der Waals surface area contributed by atoms with E-state index in [1.807, 2.05) is 26.0 Å². The first-order valence-electron chi connectivity index (χ1n) is 9.37. The van der Waals surface area contributed by atoms with Crippen molar-refractivity contribution in [3.05, 3.63) is 70.2 Å². The Labute approximate surface area is 169 Å². The van der Waals surface area contributed by atoms with Gasteiger partial charge < -0.3 is 5.32 Å². The molecule has 3 amide bonds. The molecule has 0 saturated heterocycles. The number of carbonyl (C=O) groups is 3. The first kappa shape index (κ1) is 20.1. The molecule has 6 heteroatoms. The van der Waals surface area contributed by atoms with Crippen molar-refractivity contribution in [2.75, 3.05) is 6.54 Å². The van der Waals surface area contributed by atoms with E-state index in [-0.39, 0.29) is 11.8 Å². The Balaban J connectivity index is 1.71. The molecule has 2 aromatic rings. The summed E-state index contributed by atoms with van der Waals surface area (Å²) in [5.41, 5.74) is 1.76. The molecule has 1 N–H and O–H groups in total. The van der Waals surface area contributed by atoms with E-state index >= 15 is 0 Å². The van der Waals surface area contributed by atoms with Crippen molar-refractivity contribution in [1.29, 1.82) is 0 Å². The Morgan fingerprint density at radius 3 is 2.11 bits per heavy atom. The second-order valence-electron chi connectivity index (χ2n) is 7.34. The minimum absolute atomic E-state index is 0.149. The summed E-state index contributed by atoms with van der Waals surface area (Å²) < 4.78 is 0. The number of amides is 3. The lowest BCUT2D eigenvalue weighted by molar-refractivity contribution is -0.125. The molecular formula is C22H23ClN2O3. The third kappa shape index (κ3) is 4.25. The van der Waals surface area contributed by atoms with Gasteiger partial charge in [-0.05, 0) is 48.6 Å². The number of carbonyl (C=O) groups excluding carboxylic acids is 3. The van der Waals surface area contributed by atoms with Gasteiger partial charge in [0.25, 0.3) is 11.8 Å². The number of hydrogen-bond acceptors (Lipinski definition) is 3.